The van der Waals surface area contributed by atoms with Crippen molar-refractivity contribution in [3.63, 3.8) is 0 Å². The lowest BCUT2D eigenvalue weighted by Gasteiger charge is -2.36. The third-order valence-electron chi connectivity index (χ3n) is 9.93. The summed E-state index contributed by atoms with van der Waals surface area (Å²) in [5, 5.41) is 19.4. The second-order valence-corrected chi connectivity index (χ2v) is 15.1. The predicted molar refractivity (Wildman–Crippen MR) is 175 cm³/mol. The highest BCUT2D eigenvalue weighted by Crippen LogP contribution is 2.45. The molecule has 47 heavy (non-hydrogen) atoms. The van der Waals surface area contributed by atoms with Gasteiger partial charge in [-0.05, 0) is 68.9 Å². The van der Waals surface area contributed by atoms with Crippen molar-refractivity contribution < 1.29 is 33.8 Å². The maximum absolute atomic E-state index is 14.5. The Morgan fingerprint density at radius 1 is 1.02 bits per heavy atom. The number of amides is 5. The first kappa shape index (κ1) is 34.7. The number of nitrogens with zero attached hydrogens (tertiary/aromatic N) is 2. The molecule has 2 aliphatic heterocycles. The van der Waals surface area contributed by atoms with Crippen LogP contribution in [0.2, 0.25) is 0 Å². The van der Waals surface area contributed by atoms with Gasteiger partial charge < -0.3 is 35.6 Å². The third kappa shape index (κ3) is 8.25. The number of carbonyl (C=O) groups excluding carboxylic acids is 5. The van der Waals surface area contributed by atoms with Gasteiger partial charge in [-0.3, -0.25) is 19.2 Å². The van der Waals surface area contributed by atoms with E-state index < -0.39 is 58.9 Å². The molecular formula is C35H51N5O7. The van der Waals surface area contributed by atoms with Crippen LogP contribution in [-0.4, -0.2) is 89.2 Å². The normalized spacial score (nSPS) is 25.0. The number of anilines is 1. The van der Waals surface area contributed by atoms with Crippen molar-refractivity contribution in [3.05, 3.63) is 30.3 Å². The fourth-order valence-corrected chi connectivity index (χ4v) is 7.22. The Kier molecular flexibility index (Phi) is 10.5. The zero-order chi connectivity index (χ0) is 33.9. The monoisotopic (exact) mass is 653 g/mol. The highest BCUT2D eigenvalue weighted by atomic mass is 16.6. The number of benzene rings is 1. The summed E-state index contributed by atoms with van der Waals surface area (Å²) in [5.74, 6) is -1.56. The summed E-state index contributed by atoms with van der Waals surface area (Å²) >= 11 is 0. The average Bonchev–Trinajstić information content (AvgIpc) is 3.39. The van der Waals surface area contributed by atoms with Crippen LogP contribution in [0.3, 0.4) is 0 Å². The SMILES string of the molecule is CCC[C@H](NC(=O)[C@@H]1C[C@@]2(CC(=O)N(c3ccccc3)C2)CN1C(=O)[C@@H](NC(=O)OC1CCCC1)C(C)(C)C)[C@H](O)C(=O)NC1CC1. The number of ether oxygens (including phenoxy) is 1. The summed E-state index contributed by atoms with van der Waals surface area (Å²) < 4.78 is 5.64. The lowest BCUT2D eigenvalue weighted by atomic mass is 9.84. The fraction of sp³-hybridized carbons (Fsp3) is 0.686. The molecule has 0 bridgehead atoms. The lowest BCUT2D eigenvalue weighted by molar-refractivity contribution is -0.143. The van der Waals surface area contributed by atoms with Gasteiger partial charge in [0, 0.05) is 36.7 Å². The van der Waals surface area contributed by atoms with Crippen molar-refractivity contribution in [2.45, 2.75) is 128 Å². The summed E-state index contributed by atoms with van der Waals surface area (Å²) in [4.78, 5) is 71.0. The van der Waals surface area contributed by atoms with E-state index in [1.54, 1.807) is 4.90 Å². The summed E-state index contributed by atoms with van der Waals surface area (Å²) in [6.45, 7) is 7.88. The zero-order valence-corrected chi connectivity index (χ0v) is 28.1. The van der Waals surface area contributed by atoms with Crippen LogP contribution in [0.1, 0.15) is 91.9 Å². The predicted octanol–water partition coefficient (Wildman–Crippen LogP) is 3.02. The molecule has 5 atom stereocenters. The first-order valence-electron chi connectivity index (χ1n) is 17.2. The van der Waals surface area contributed by atoms with Gasteiger partial charge in [0.15, 0.2) is 6.10 Å². The van der Waals surface area contributed by atoms with Gasteiger partial charge in [0.2, 0.25) is 17.7 Å². The molecule has 0 radical (unpaired) electrons. The van der Waals surface area contributed by atoms with Gasteiger partial charge >= 0.3 is 6.09 Å². The van der Waals surface area contributed by atoms with E-state index in [2.05, 4.69) is 16.0 Å². The standard InChI is InChI=1S/C35H51N5O7/c1-5-11-25(28(42)31(44)36-22-16-17-22)37-30(43)26-18-35(19-27(41)39(20-35)23-12-7-6-8-13-23)21-40(26)32(45)29(34(2,3)4)38-33(46)47-24-14-9-10-15-24/h6-8,12-13,22,24-26,28-29,42H,5,9-11,14-21H2,1-4H3,(H,36,44)(H,37,43)(H,38,46)/t25-,26-,28-,29+,35-/m0/s1. The van der Waals surface area contributed by atoms with E-state index in [9.17, 15) is 29.1 Å². The molecule has 12 heteroatoms. The van der Waals surface area contributed by atoms with Crippen molar-refractivity contribution in [2.24, 2.45) is 10.8 Å². The van der Waals surface area contributed by atoms with Crippen molar-refractivity contribution >= 4 is 35.4 Å². The van der Waals surface area contributed by atoms with E-state index >= 15 is 0 Å². The van der Waals surface area contributed by atoms with Crippen LogP contribution >= 0.6 is 0 Å². The molecule has 1 aromatic carbocycles. The molecular weight excluding hydrogens is 602 g/mol. The Bertz CT molecular complexity index is 1320. The minimum Gasteiger partial charge on any atom is -0.446 e. The molecule has 0 aromatic heterocycles. The Morgan fingerprint density at radius 2 is 1.70 bits per heavy atom. The molecule has 2 aliphatic carbocycles. The molecule has 258 valence electrons. The van der Waals surface area contributed by atoms with Crippen molar-refractivity contribution in [2.75, 3.05) is 18.0 Å². The summed E-state index contributed by atoms with van der Waals surface area (Å²) in [7, 11) is 0. The van der Waals surface area contributed by atoms with Gasteiger partial charge in [-0.1, -0.05) is 52.3 Å². The molecule has 2 heterocycles. The molecule has 2 saturated carbocycles. The molecule has 4 N–H and O–H groups in total. The number of likely N-dealkylation sites (tertiary alicyclic amines) is 1. The number of hydrogen-bond donors (Lipinski definition) is 4. The van der Waals surface area contributed by atoms with Gasteiger partial charge in [0.1, 0.15) is 18.2 Å². The third-order valence-corrected chi connectivity index (χ3v) is 9.93. The van der Waals surface area contributed by atoms with E-state index in [4.69, 9.17) is 4.74 Å². The minimum atomic E-state index is -1.45. The van der Waals surface area contributed by atoms with Crippen molar-refractivity contribution in [3.8, 4) is 0 Å². The number of carbonyl (C=O) groups is 5. The van der Waals surface area contributed by atoms with Crippen LogP contribution in [-0.2, 0) is 23.9 Å². The van der Waals surface area contributed by atoms with Crippen LogP contribution < -0.4 is 20.9 Å². The highest BCUT2D eigenvalue weighted by molar-refractivity contribution is 5.98. The number of para-hydroxylation sites is 1. The average molecular weight is 654 g/mol. The highest BCUT2D eigenvalue weighted by Gasteiger charge is 2.56. The van der Waals surface area contributed by atoms with E-state index in [-0.39, 0.29) is 37.4 Å². The number of rotatable bonds is 11. The number of alkyl carbamates (subject to hydrolysis) is 1. The Balaban J connectivity index is 1.40. The summed E-state index contributed by atoms with van der Waals surface area (Å²) in [5.41, 5.74) is -0.692. The molecule has 4 fully saturated rings. The molecule has 0 unspecified atom stereocenters. The van der Waals surface area contributed by atoms with Gasteiger partial charge in [-0.2, -0.15) is 0 Å². The van der Waals surface area contributed by atoms with Gasteiger partial charge in [-0.15, -0.1) is 0 Å². The molecule has 2 saturated heterocycles. The molecule has 1 aromatic rings. The zero-order valence-electron chi connectivity index (χ0n) is 28.1. The Hall–Kier alpha value is -3.67. The van der Waals surface area contributed by atoms with E-state index in [1.807, 2.05) is 58.0 Å². The minimum absolute atomic E-state index is 0.0487. The van der Waals surface area contributed by atoms with Crippen LogP contribution in [0.15, 0.2) is 30.3 Å². The first-order chi connectivity index (χ1) is 22.3. The van der Waals surface area contributed by atoms with E-state index in [0.717, 1.165) is 44.2 Å². The maximum Gasteiger partial charge on any atom is 0.408 e. The Labute approximate surface area is 277 Å². The number of hydrogen-bond acceptors (Lipinski definition) is 7. The number of nitrogens with one attached hydrogen (secondary N) is 3. The van der Waals surface area contributed by atoms with E-state index in [0.29, 0.717) is 19.4 Å². The fourth-order valence-electron chi connectivity index (χ4n) is 7.22. The first-order valence-corrected chi connectivity index (χ1v) is 17.2. The Morgan fingerprint density at radius 3 is 2.32 bits per heavy atom. The van der Waals surface area contributed by atoms with Gasteiger partial charge in [0.05, 0.1) is 6.04 Å². The second kappa shape index (κ2) is 14.2. The summed E-state index contributed by atoms with van der Waals surface area (Å²) in [6.07, 6.45) is 4.29. The topological polar surface area (TPSA) is 157 Å². The van der Waals surface area contributed by atoms with Crippen LogP contribution in [0.4, 0.5) is 10.5 Å². The van der Waals surface area contributed by atoms with E-state index in [1.165, 1.54) is 4.90 Å². The second-order valence-electron chi connectivity index (χ2n) is 15.1. The van der Waals surface area contributed by atoms with Crippen molar-refractivity contribution in [1.82, 2.24) is 20.9 Å². The quantitative estimate of drug-likeness (QED) is 0.286. The molecule has 4 aliphatic rings. The molecule has 12 nitrogen and oxygen atoms in total. The van der Waals surface area contributed by atoms with Crippen LogP contribution in [0, 0.1) is 10.8 Å². The molecule has 5 amide bonds. The smallest absolute Gasteiger partial charge is 0.408 e. The number of aliphatic hydroxyl groups excluding tert-OH is 1. The maximum atomic E-state index is 14.5. The lowest BCUT2D eigenvalue weighted by Crippen LogP contribution is -2.59. The summed E-state index contributed by atoms with van der Waals surface area (Å²) in [6, 6.07) is 6.51. The molecule has 1 spiro atoms. The van der Waals surface area contributed by atoms with Gasteiger partial charge in [0.25, 0.3) is 5.91 Å². The van der Waals surface area contributed by atoms with Crippen LogP contribution in [0.5, 0.6) is 0 Å². The van der Waals surface area contributed by atoms with Crippen LogP contribution in [0.25, 0.3) is 0 Å². The van der Waals surface area contributed by atoms with Crippen molar-refractivity contribution in [1.29, 1.82) is 0 Å². The van der Waals surface area contributed by atoms with Gasteiger partial charge in [-0.25, -0.2) is 4.79 Å². The number of aliphatic hydroxyl groups is 1. The largest absolute Gasteiger partial charge is 0.446 e. The molecule has 5 rings (SSSR count).